The predicted octanol–water partition coefficient (Wildman–Crippen LogP) is 7.29. The van der Waals surface area contributed by atoms with Crippen molar-refractivity contribution < 1.29 is 33.4 Å². The van der Waals surface area contributed by atoms with Gasteiger partial charge < -0.3 is 29.5 Å². The molecule has 5 amide bonds. The van der Waals surface area contributed by atoms with Crippen LogP contribution in [0.2, 0.25) is 0 Å². The minimum Gasteiger partial charge on any atom is -0.458 e. The Hall–Kier alpha value is -7.67. The number of piperidine rings is 3. The summed E-state index contributed by atoms with van der Waals surface area (Å²) in [5.74, 6) is -0.743. The third kappa shape index (κ3) is 10.4. The van der Waals surface area contributed by atoms with Gasteiger partial charge in [0.05, 0.1) is 29.6 Å². The number of carbonyl (C=O) groups is 5. The standard InChI is InChI=1S/C57H66N12O7/c1-35(2)46-32-60-69-50(46)62-55(75-41-10-8-22-67(34-41)56(74)76-57(3,4)5)63-54(69)59-31-38-9-6-7-11-42(38)49-43-14-12-39(29-37(43)18-21-58-49)66-27-25-64(26-28-66)33-36-19-23-65(24-20-36)40-13-15-44-45(30-40)53(73)68(52(44)72)47-16-17-48(70)61-51(47)71/h6-7,9,11-15,18,21,29-30,32,35-36,41,47H,8,10,16-17,19-20,22-28,31,33-34H2,1-5H3,(H,59,62,63)(H,61,70,71)/t41-,47?/m1/s1. The summed E-state index contributed by atoms with van der Waals surface area (Å²) in [5, 5.41) is 12.7. The van der Waals surface area contributed by atoms with Crippen LogP contribution in [0, 0.1) is 5.92 Å². The monoisotopic (exact) mass is 1030 g/mol. The molecule has 0 saturated carbocycles. The molecule has 3 aromatic carbocycles. The molecule has 4 saturated heterocycles. The van der Waals surface area contributed by atoms with Crippen molar-refractivity contribution in [2.45, 2.75) is 103 Å². The third-order valence-corrected chi connectivity index (χ3v) is 15.4. The number of nitrogens with one attached hydrogen (secondary N) is 2. The lowest BCUT2D eigenvalue weighted by Crippen LogP contribution is -2.54. The maximum absolute atomic E-state index is 13.5. The van der Waals surface area contributed by atoms with Gasteiger partial charge in [-0.05, 0) is 112 Å². The van der Waals surface area contributed by atoms with E-state index in [1.165, 1.54) is 5.69 Å². The summed E-state index contributed by atoms with van der Waals surface area (Å²) in [6.07, 6.45) is 6.89. The predicted molar refractivity (Wildman–Crippen MR) is 288 cm³/mol. The van der Waals surface area contributed by atoms with E-state index in [2.05, 4.69) is 75.6 Å². The Kier molecular flexibility index (Phi) is 13.8. The van der Waals surface area contributed by atoms with Gasteiger partial charge in [-0.15, -0.1) is 0 Å². The summed E-state index contributed by atoms with van der Waals surface area (Å²) in [5.41, 5.74) is 6.72. The molecular weight excluding hydrogens is 965 g/mol. The quantitative estimate of drug-likeness (QED) is 0.116. The minimum atomic E-state index is -0.977. The Labute approximate surface area is 441 Å². The molecule has 8 heterocycles. The van der Waals surface area contributed by atoms with Crippen LogP contribution >= 0.6 is 0 Å². The van der Waals surface area contributed by atoms with Crippen molar-refractivity contribution in [2.75, 3.05) is 74.0 Å². The van der Waals surface area contributed by atoms with Gasteiger partial charge in [0, 0.05) is 99.4 Å². The van der Waals surface area contributed by atoms with E-state index >= 15 is 0 Å². The molecule has 19 heteroatoms. The van der Waals surface area contributed by atoms with Crippen LogP contribution in [0.15, 0.2) is 79.1 Å². The Bertz CT molecular complexity index is 3230. The molecule has 1 unspecified atom stereocenters. The molecule has 5 aliphatic rings. The zero-order valence-corrected chi connectivity index (χ0v) is 44.0. The van der Waals surface area contributed by atoms with Crippen LogP contribution in [0.5, 0.6) is 6.01 Å². The second kappa shape index (κ2) is 20.8. The Balaban J connectivity index is 0.710. The van der Waals surface area contributed by atoms with Crippen molar-refractivity contribution in [3.63, 3.8) is 0 Å². The zero-order chi connectivity index (χ0) is 52.8. The van der Waals surface area contributed by atoms with Gasteiger partial charge in [-0.25, -0.2) is 4.79 Å². The Morgan fingerprint density at radius 3 is 2.34 bits per heavy atom. The SMILES string of the molecule is CC(C)c1cnn2c(NCc3ccccc3-c3nccc4cc(N5CCN(CC6CCN(c7ccc8c(c7)C(=O)N(C7CCC(=O)NC7=O)C8=O)CC6)CC5)ccc34)nc(O[C@@H]3CCCN(C(=O)OC(C)(C)C)C3)nc12. The summed E-state index contributed by atoms with van der Waals surface area (Å²) in [6, 6.07) is 21.7. The van der Waals surface area contributed by atoms with Gasteiger partial charge >= 0.3 is 12.1 Å². The maximum atomic E-state index is 13.5. The number of aromatic nitrogens is 5. The van der Waals surface area contributed by atoms with Crippen molar-refractivity contribution in [2.24, 2.45) is 5.92 Å². The molecular formula is C57H66N12O7. The molecule has 0 spiro atoms. The van der Waals surface area contributed by atoms with Gasteiger partial charge in [-0.2, -0.15) is 19.6 Å². The average molecular weight is 1030 g/mol. The largest absolute Gasteiger partial charge is 0.458 e. The van der Waals surface area contributed by atoms with Crippen LogP contribution in [-0.4, -0.2) is 146 Å². The van der Waals surface area contributed by atoms with Crippen LogP contribution < -0.4 is 25.2 Å². The molecule has 2 N–H and O–H groups in total. The van der Waals surface area contributed by atoms with E-state index in [1.807, 2.05) is 51.4 Å². The number of carbonyl (C=O) groups excluding carboxylic acids is 5. The van der Waals surface area contributed by atoms with Gasteiger partial charge in [-0.1, -0.05) is 44.2 Å². The Morgan fingerprint density at radius 2 is 1.57 bits per heavy atom. The molecule has 396 valence electrons. The van der Waals surface area contributed by atoms with Crippen LogP contribution in [0.3, 0.4) is 0 Å². The molecule has 19 nitrogen and oxygen atoms in total. The third-order valence-electron chi connectivity index (χ3n) is 15.4. The average Bonchev–Trinajstić information content (AvgIpc) is 3.95. The highest BCUT2D eigenvalue weighted by molar-refractivity contribution is 6.23. The fourth-order valence-corrected chi connectivity index (χ4v) is 11.4. The number of piperazine rings is 1. The van der Waals surface area contributed by atoms with E-state index in [0.29, 0.717) is 48.3 Å². The molecule has 11 rings (SSSR count). The van der Waals surface area contributed by atoms with E-state index in [9.17, 15) is 24.0 Å². The lowest BCUT2D eigenvalue weighted by atomic mass is 9.95. The van der Waals surface area contributed by atoms with E-state index in [-0.39, 0.29) is 42.9 Å². The topological polar surface area (TPSA) is 200 Å². The van der Waals surface area contributed by atoms with Crippen molar-refractivity contribution in [3.8, 4) is 17.3 Å². The van der Waals surface area contributed by atoms with E-state index in [4.69, 9.17) is 29.5 Å². The molecule has 0 aliphatic carbocycles. The summed E-state index contributed by atoms with van der Waals surface area (Å²) in [6.45, 7) is 17.8. The number of hydrogen-bond donors (Lipinski definition) is 2. The number of rotatable bonds is 12. The number of nitrogens with zero attached hydrogens (tertiary/aromatic N) is 10. The number of anilines is 3. The van der Waals surface area contributed by atoms with Gasteiger partial charge in [0.2, 0.25) is 17.8 Å². The lowest BCUT2D eigenvalue weighted by molar-refractivity contribution is -0.136. The number of fused-ring (bicyclic) bond motifs is 3. The molecule has 0 bridgehead atoms. The van der Waals surface area contributed by atoms with Crippen LogP contribution in [0.25, 0.3) is 27.7 Å². The van der Waals surface area contributed by atoms with Gasteiger partial charge in [0.1, 0.15) is 17.7 Å². The molecule has 4 fully saturated rings. The fraction of sp³-hybridized carbons (Fsp3) is 0.456. The highest BCUT2D eigenvalue weighted by Crippen LogP contribution is 2.35. The minimum absolute atomic E-state index is 0.0909. The van der Waals surface area contributed by atoms with Crippen LogP contribution in [-0.2, 0) is 20.9 Å². The number of pyridine rings is 1. The summed E-state index contributed by atoms with van der Waals surface area (Å²) >= 11 is 0. The smallest absolute Gasteiger partial charge is 0.410 e. The summed E-state index contributed by atoms with van der Waals surface area (Å²) in [7, 11) is 0. The van der Waals surface area contributed by atoms with Gasteiger partial charge in [0.15, 0.2) is 5.65 Å². The number of ether oxygens (including phenoxy) is 2. The molecule has 6 aromatic rings. The first-order valence-corrected chi connectivity index (χ1v) is 26.8. The normalized spacial score (nSPS) is 20.0. The van der Waals surface area contributed by atoms with Crippen molar-refractivity contribution >= 4 is 63.5 Å². The molecule has 76 heavy (non-hydrogen) atoms. The van der Waals surface area contributed by atoms with Gasteiger partial charge in [0.25, 0.3) is 11.8 Å². The molecule has 3 aromatic heterocycles. The highest BCUT2D eigenvalue weighted by Gasteiger charge is 2.45. The van der Waals surface area contributed by atoms with Gasteiger partial charge in [-0.3, -0.25) is 39.3 Å². The number of amides is 5. The number of imide groups is 2. The maximum Gasteiger partial charge on any atom is 0.410 e. The fourth-order valence-electron chi connectivity index (χ4n) is 11.4. The van der Waals surface area contributed by atoms with E-state index in [0.717, 1.165) is 115 Å². The first kappa shape index (κ1) is 50.5. The second-order valence-corrected chi connectivity index (χ2v) is 22.1. The van der Waals surface area contributed by atoms with Crippen LogP contribution in [0.4, 0.5) is 22.1 Å². The first-order valence-electron chi connectivity index (χ1n) is 26.8. The number of hydrogen-bond acceptors (Lipinski definition) is 15. The second-order valence-electron chi connectivity index (χ2n) is 22.1. The Morgan fingerprint density at radius 1 is 0.816 bits per heavy atom. The van der Waals surface area contributed by atoms with Crippen molar-refractivity contribution in [3.05, 3.63) is 101 Å². The van der Waals surface area contributed by atoms with E-state index in [1.54, 1.807) is 21.5 Å². The zero-order valence-electron chi connectivity index (χ0n) is 44.0. The number of likely N-dealkylation sites (tertiary alicyclic amines) is 1. The summed E-state index contributed by atoms with van der Waals surface area (Å²) in [4.78, 5) is 88.6. The van der Waals surface area contributed by atoms with Crippen molar-refractivity contribution in [1.82, 2.24) is 44.6 Å². The lowest BCUT2D eigenvalue weighted by Gasteiger charge is -2.40. The van der Waals surface area contributed by atoms with Crippen LogP contribution in [0.1, 0.15) is 111 Å². The molecule has 0 radical (unpaired) electrons. The van der Waals surface area contributed by atoms with E-state index < -0.39 is 29.4 Å². The number of benzene rings is 3. The van der Waals surface area contributed by atoms with Crippen molar-refractivity contribution in [1.29, 1.82) is 0 Å². The highest BCUT2D eigenvalue weighted by atomic mass is 16.6. The summed E-state index contributed by atoms with van der Waals surface area (Å²) < 4.78 is 13.8. The molecule has 2 atom stereocenters. The first-order chi connectivity index (χ1) is 36.6. The molecule has 5 aliphatic heterocycles.